The molecule has 2 aliphatic rings. The molecule has 8 nitrogen and oxygen atoms in total. The summed E-state index contributed by atoms with van der Waals surface area (Å²) in [5, 5.41) is 11.2. The summed E-state index contributed by atoms with van der Waals surface area (Å²) in [5.41, 5.74) is 6.73. The van der Waals surface area contributed by atoms with Gasteiger partial charge in [0.25, 0.3) is 0 Å². The number of benzene rings is 2. The first kappa shape index (κ1) is 19.9. The smallest absolute Gasteiger partial charge is 0.407 e. The van der Waals surface area contributed by atoms with Crippen LogP contribution in [-0.2, 0) is 19.2 Å². The maximum atomic E-state index is 12.2. The van der Waals surface area contributed by atoms with E-state index in [0.717, 1.165) is 11.1 Å². The maximum absolute atomic E-state index is 12.2. The predicted octanol–water partition coefficient (Wildman–Crippen LogP) is 2.29. The van der Waals surface area contributed by atoms with Crippen LogP contribution in [0, 0.1) is 11.8 Å². The molecule has 1 fully saturated rings. The van der Waals surface area contributed by atoms with E-state index in [2.05, 4.69) is 39.9 Å². The summed E-state index contributed by atoms with van der Waals surface area (Å²) < 4.78 is 5.46. The van der Waals surface area contributed by atoms with E-state index in [1.165, 1.54) is 11.1 Å². The molecule has 0 spiro atoms. The molecule has 2 aromatic carbocycles. The van der Waals surface area contributed by atoms with Crippen LogP contribution in [0.2, 0.25) is 0 Å². The Bertz CT molecular complexity index is 930. The van der Waals surface area contributed by atoms with Crippen molar-refractivity contribution < 1.29 is 29.1 Å². The molecule has 156 valence electrons. The van der Waals surface area contributed by atoms with Gasteiger partial charge in [-0.1, -0.05) is 48.5 Å². The number of fused-ring (bicyclic) bond motifs is 3. The number of carbonyl (C=O) groups excluding carboxylic acids is 2. The van der Waals surface area contributed by atoms with Crippen LogP contribution in [0.5, 0.6) is 0 Å². The lowest BCUT2D eigenvalue weighted by atomic mass is 9.98. The van der Waals surface area contributed by atoms with E-state index < -0.39 is 18.7 Å². The van der Waals surface area contributed by atoms with Gasteiger partial charge in [0.2, 0.25) is 5.91 Å². The highest BCUT2D eigenvalue weighted by atomic mass is 16.7. The molecule has 2 atom stereocenters. The molecule has 0 aliphatic heterocycles. The van der Waals surface area contributed by atoms with E-state index in [1.54, 1.807) is 0 Å². The molecule has 2 amide bonds. The lowest BCUT2D eigenvalue weighted by Gasteiger charge is -2.14. The van der Waals surface area contributed by atoms with E-state index in [1.807, 2.05) is 24.3 Å². The molecule has 0 bridgehead atoms. The summed E-state index contributed by atoms with van der Waals surface area (Å²) in [6.07, 6.45) is 0.0800. The Balaban J connectivity index is 1.24. The number of rotatable bonds is 8. The van der Waals surface area contributed by atoms with Gasteiger partial charge < -0.3 is 15.2 Å². The molecule has 0 saturated heterocycles. The highest BCUT2D eigenvalue weighted by molar-refractivity contribution is 5.81. The molecule has 8 heteroatoms. The topological polar surface area (TPSA) is 114 Å². The lowest BCUT2D eigenvalue weighted by molar-refractivity contribution is -0.149. The minimum absolute atomic E-state index is 0.00557. The van der Waals surface area contributed by atoms with Gasteiger partial charge in [0.15, 0.2) is 6.61 Å². The molecule has 1 saturated carbocycles. The van der Waals surface area contributed by atoms with Gasteiger partial charge in [-0.2, -0.15) is 0 Å². The van der Waals surface area contributed by atoms with E-state index >= 15 is 0 Å². The normalized spacial score (nSPS) is 18.8. The van der Waals surface area contributed by atoms with Gasteiger partial charge in [-0.05, 0) is 34.6 Å². The summed E-state index contributed by atoms with van der Waals surface area (Å²) in [4.78, 5) is 38.9. The van der Waals surface area contributed by atoms with Crippen molar-refractivity contribution in [3.63, 3.8) is 0 Å². The van der Waals surface area contributed by atoms with E-state index in [9.17, 15) is 14.4 Å². The van der Waals surface area contributed by atoms with Crippen molar-refractivity contribution in [2.24, 2.45) is 11.8 Å². The van der Waals surface area contributed by atoms with Crippen LogP contribution in [0.25, 0.3) is 11.1 Å². The highest BCUT2D eigenvalue weighted by Crippen LogP contribution is 2.44. The van der Waals surface area contributed by atoms with Crippen LogP contribution in [0.4, 0.5) is 4.79 Å². The van der Waals surface area contributed by atoms with Gasteiger partial charge in [-0.3, -0.25) is 9.63 Å². The molecule has 30 heavy (non-hydrogen) atoms. The third-order valence-corrected chi connectivity index (χ3v) is 5.48. The van der Waals surface area contributed by atoms with Crippen LogP contribution in [0.15, 0.2) is 48.5 Å². The minimum Gasteiger partial charge on any atom is -0.479 e. The van der Waals surface area contributed by atoms with Gasteiger partial charge in [0, 0.05) is 18.4 Å². The van der Waals surface area contributed by atoms with Crippen LogP contribution >= 0.6 is 0 Å². The first-order valence-corrected chi connectivity index (χ1v) is 9.77. The highest BCUT2D eigenvalue weighted by Gasteiger charge is 2.43. The number of hydroxylamine groups is 1. The number of hydrogen-bond acceptors (Lipinski definition) is 5. The summed E-state index contributed by atoms with van der Waals surface area (Å²) in [5.74, 6) is -1.87. The largest absolute Gasteiger partial charge is 0.479 e. The van der Waals surface area contributed by atoms with Crippen molar-refractivity contribution in [1.82, 2.24) is 10.8 Å². The summed E-state index contributed by atoms with van der Waals surface area (Å²) in [7, 11) is 0. The Labute approximate surface area is 173 Å². The number of carbonyl (C=O) groups is 3. The zero-order valence-electron chi connectivity index (χ0n) is 16.2. The molecule has 0 unspecified atom stereocenters. The molecule has 3 N–H and O–H groups in total. The molecule has 0 heterocycles. The van der Waals surface area contributed by atoms with Gasteiger partial charge in [-0.25, -0.2) is 15.1 Å². The molecule has 4 rings (SSSR count). The van der Waals surface area contributed by atoms with Crippen molar-refractivity contribution in [3.05, 3.63) is 59.7 Å². The SMILES string of the molecule is O=C(O)CONC(=O)[C@@H]1C[C@@H]1CNC(=O)OCC1c2ccccc2-c2ccccc21. The second kappa shape index (κ2) is 8.54. The number of hydrogen-bond donors (Lipinski definition) is 3. The zero-order chi connectivity index (χ0) is 21.1. The standard InChI is InChI=1S/C22H22N2O6/c25-20(26)12-30-24-21(27)18-9-13(18)10-23-22(28)29-11-19-16-7-3-1-5-14(16)15-6-2-4-8-17(15)19/h1-8,13,18-19H,9-12H2,(H,23,28)(H,24,27)(H,25,26)/t13-,18-/m1/s1. The molecule has 2 aliphatic carbocycles. The monoisotopic (exact) mass is 410 g/mol. The van der Waals surface area contributed by atoms with Crippen LogP contribution < -0.4 is 10.8 Å². The summed E-state index contributed by atoms with van der Waals surface area (Å²) in [6, 6.07) is 16.2. The van der Waals surface area contributed by atoms with E-state index in [-0.39, 0.29) is 30.3 Å². The Morgan fingerprint density at radius 3 is 2.27 bits per heavy atom. The number of carboxylic acid groups (broad SMARTS) is 1. The third kappa shape index (κ3) is 4.28. The number of carboxylic acids is 1. The Kier molecular flexibility index (Phi) is 5.67. The minimum atomic E-state index is -1.17. The fraction of sp³-hybridized carbons (Fsp3) is 0.318. The Hall–Kier alpha value is -3.39. The number of amides is 2. The van der Waals surface area contributed by atoms with Crippen molar-refractivity contribution in [3.8, 4) is 11.1 Å². The second-order valence-corrected chi connectivity index (χ2v) is 7.46. The average Bonchev–Trinajstić information content (AvgIpc) is 3.46. The Morgan fingerprint density at radius 1 is 1.00 bits per heavy atom. The van der Waals surface area contributed by atoms with Crippen molar-refractivity contribution in [2.75, 3.05) is 19.8 Å². The second-order valence-electron chi connectivity index (χ2n) is 7.46. The first-order valence-electron chi connectivity index (χ1n) is 9.77. The molecular formula is C22H22N2O6. The van der Waals surface area contributed by atoms with Crippen LogP contribution in [-0.4, -0.2) is 42.8 Å². The van der Waals surface area contributed by atoms with Gasteiger partial charge in [-0.15, -0.1) is 0 Å². The fourth-order valence-electron chi connectivity index (χ4n) is 3.90. The average molecular weight is 410 g/mol. The number of aliphatic carboxylic acids is 1. The quantitative estimate of drug-likeness (QED) is 0.576. The van der Waals surface area contributed by atoms with Gasteiger partial charge in [0.1, 0.15) is 6.61 Å². The van der Waals surface area contributed by atoms with Crippen LogP contribution in [0.1, 0.15) is 23.5 Å². The molecular weight excluding hydrogens is 388 g/mol. The maximum Gasteiger partial charge on any atom is 0.407 e. The van der Waals surface area contributed by atoms with Gasteiger partial charge in [0.05, 0.1) is 0 Å². The molecule has 0 aromatic heterocycles. The third-order valence-electron chi connectivity index (χ3n) is 5.48. The fourth-order valence-corrected chi connectivity index (χ4v) is 3.90. The van der Waals surface area contributed by atoms with Crippen LogP contribution in [0.3, 0.4) is 0 Å². The number of nitrogens with one attached hydrogen (secondary N) is 2. The van der Waals surface area contributed by atoms with Crippen molar-refractivity contribution >= 4 is 18.0 Å². The summed E-state index contributed by atoms with van der Waals surface area (Å²) in [6.45, 7) is -0.0493. The molecule has 0 radical (unpaired) electrons. The summed E-state index contributed by atoms with van der Waals surface area (Å²) >= 11 is 0. The van der Waals surface area contributed by atoms with Crippen molar-refractivity contribution in [1.29, 1.82) is 0 Å². The van der Waals surface area contributed by atoms with E-state index in [4.69, 9.17) is 9.84 Å². The Morgan fingerprint density at radius 2 is 1.63 bits per heavy atom. The predicted molar refractivity (Wildman–Crippen MR) is 106 cm³/mol. The van der Waals surface area contributed by atoms with Crippen molar-refractivity contribution in [2.45, 2.75) is 12.3 Å². The first-order chi connectivity index (χ1) is 14.5. The number of alkyl carbamates (subject to hydrolysis) is 1. The zero-order valence-corrected chi connectivity index (χ0v) is 16.2. The van der Waals surface area contributed by atoms with Gasteiger partial charge >= 0.3 is 12.1 Å². The molecule has 2 aromatic rings. The number of ether oxygens (including phenoxy) is 1. The van der Waals surface area contributed by atoms with E-state index in [0.29, 0.717) is 13.0 Å². The lowest BCUT2D eigenvalue weighted by Crippen LogP contribution is -2.31.